The molecule has 1 heterocycles. The summed E-state index contributed by atoms with van der Waals surface area (Å²) >= 11 is 0. The van der Waals surface area contributed by atoms with E-state index in [4.69, 9.17) is 0 Å². The molecule has 4 rings (SSSR count). The summed E-state index contributed by atoms with van der Waals surface area (Å²) in [6.45, 7) is 4.05. The van der Waals surface area contributed by atoms with E-state index in [0.29, 0.717) is 5.91 Å². The van der Waals surface area contributed by atoms with Gasteiger partial charge in [0, 0.05) is 31.0 Å². The number of aliphatic hydroxyl groups excluding tert-OH is 1. The predicted octanol–water partition coefficient (Wildman–Crippen LogP) is 3.29. The van der Waals surface area contributed by atoms with Gasteiger partial charge >= 0.3 is 0 Å². The number of benzene rings is 1. The maximum atomic E-state index is 13.1. The lowest BCUT2D eigenvalue weighted by Crippen LogP contribution is -2.45. The molecule has 3 aliphatic rings. The van der Waals surface area contributed by atoms with Crippen molar-refractivity contribution < 1.29 is 9.90 Å². The smallest absolute Gasteiger partial charge is 0.226 e. The van der Waals surface area contributed by atoms with Crippen molar-refractivity contribution in [2.75, 3.05) is 19.7 Å². The second kappa shape index (κ2) is 5.87. The number of carbonyl (C=O) groups excluding carboxylic acids is 1. The lowest BCUT2D eigenvalue weighted by molar-refractivity contribution is -0.136. The average molecular weight is 327 g/mol. The predicted molar refractivity (Wildman–Crippen MR) is 94.8 cm³/mol. The minimum absolute atomic E-state index is 0.0510. The van der Waals surface area contributed by atoms with Crippen LogP contribution in [0.3, 0.4) is 0 Å². The topological polar surface area (TPSA) is 40.5 Å². The van der Waals surface area contributed by atoms with E-state index in [0.717, 1.165) is 45.2 Å². The Morgan fingerprint density at radius 3 is 2.71 bits per heavy atom. The summed E-state index contributed by atoms with van der Waals surface area (Å²) in [5, 5.41) is 9.69. The SMILES string of the molecule is CCC1(CO)CCN(C(=O)C2CC23CCCc2ccccc23)CC1. The summed E-state index contributed by atoms with van der Waals surface area (Å²) in [6.07, 6.45) is 7.49. The summed E-state index contributed by atoms with van der Waals surface area (Å²) in [7, 11) is 0. The van der Waals surface area contributed by atoms with Gasteiger partial charge in [0.1, 0.15) is 0 Å². The molecule has 2 aliphatic carbocycles. The maximum Gasteiger partial charge on any atom is 0.226 e. The van der Waals surface area contributed by atoms with E-state index < -0.39 is 0 Å². The van der Waals surface area contributed by atoms with Crippen LogP contribution in [0.1, 0.15) is 56.6 Å². The summed E-state index contributed by atoms with van der Waals surface area (Å²) in [5.74, 6) is 0.566. The fourth-order valence-corrected chi connectivity index (χ4v) is 5.20. The second-order valence-electron chi connectivity index (χ2n) is 8.26. The number of likely N-dealkylation sites (tertiary alicyclic amines) is 1. The van der Waals surface area contributed by atoms with Gasteiger partial charge in [-0.3, -0.25) is 4.79 Å². The van der Waals surface area contributed by atoms with Crippen LogP contribution in [0.25, 0.3) is 0 Å². The van der Waals surface area contributed by atoms with Crippen LogP contribution in [-0.2, 0) is 16.6 Å². The Balaban J connectivity index is 1.47. The molecule has 1 amide bonds. The molecule has 2 fully saturated rings. The number of aliphatic hydroxyl groups is 1. The number of hydrogen-bond acceptors (Lipinski definition) is 2. The maximum absolute atomic E-state index is 13.1. The molecule has 24 heavy (non-hydrogen) atoms. The molecular weight excluding hydrogens is 298 g/mol. The van der Waals surface area contributed by atoms with Crippen LogP contribution in [0.4, 0.5) is 0 Å². The number of fused-ring (bicyclic) bond motifs is 2. The first-order valence-corrected chi connectivity index (χ1v) is 9.62. The van der Waals surface area contributed by atoms with Gasteiger partial charge in [0.05, 0.1) is 0 Å². The third-order valence-electron chi connectivity index (χ3n) is 7.22. The van der Waals surface area contributed by atoms with E-state index in [1.807, 2.05) is 0 Å². The molecule has 1 spiro atoms. The molecule has 1 aromatic carbocycles. The highest BCUT2D eigenvalue weighted by Gasteiger charge is 2.61. The molecule has 1 aromatic rings. The fraction of sp³-hybridized carbons (Fsp3) is 0.667. The van der Waals surface area contributed by atoms with Crippen molar-refractivity contribution in [3.63, 3.8) is 0 Å². The molecule has 2 unspecified atom stereocenters. The van der Waals surface area contributed by atoms with Crippen LogP contribution in [-0.4, -0.2) is 35.6 Å². The molecule has 1 N–H and O–H groups in total. The molecule has 3 heteroatoms. The Kier molecular flexibility index (Phi) is 3.95. The van der Waals surface area contributed by atoms with E-state index in [1.165, 1.54) is 24.0 Å². The van der Waals surface area contributed by atoms with Crippen LogP contribution in [0.2, 0.25) is 0 Å². The molecule has 0 aromatic heterocycles. The van der Waals surface area contributed by atoms with E-state index in [9.17, 15) is 9.90 Å². The van der Waals surface area contributed by atoms with Crippen molar-refractivity contribution >= 4 is 5.91 Å². The second-order valence-corrected chi connectivity index (χ2v) is 8.26. The molecule has 1 saturated heterocycles. The van der Waals surface area contributed by atoms with Crippen molar-refractivity contribution in [3.05, 3.63) is 35.4 Å². The Bertz CT molecular complexity index is 626. The van der Waals surface area contributed by atoms with Crippen LogP contribution in [0.15, 0.2) is 24.3 Å². The zero-order valence-electron chi connectivity index (χ0n) is 14.8. The summed E-state index contributed by atoms with van der Waals surface area (Å²) in [4.78, 5) is 15.2. The van der Waals surface area contributed by atoms with Gasteiger partial charge in [0.25, 0.3) is 0 Å². The van der Waals surface area contributed by atoms with Gasteiger partial charge in [-0.1, -0.05) is 31.2 Å². The van der Waals surface area contributed by atoms with Crippen molar-refractivity contribution in [3.8, 4) is 0 Å². The Labute approximate surface area is 145 Å². The Morgan fingerprint density at radius 1 is 1.25 bits per heavy atom. The highest BCUT2D eigenvalue weighted by Crippen LogP contribution is 2.61. The van der Waals surface area contributed by atoms with Crippen LogP contribution in [0, 0.1) is 11.3 Å². The van der Waals surface area contributed by atoms with Gasteiger partial charge in [-0.05, 0) is 61.5 Å². The molecule has 130 valence electrons. The van der Waals surface area contributed by atoms with E-state index in [2.05, 4.69) is 36.1 Å². The summed E-state index contributed by atoms with van der Waals surface area (Å²) in [5.41, 5.74) is 3.10. The highest BCUT2D eigenvalue weighted by atomic mass is 16.3. The van der Waals surface area contributed by atoms with Gasteiger partial charge < -0.3 is 10.0 Å². The minimum Gasteiger partial charge on any atom is -0.396 e. The number of amides is 1. The highest BCUT2D eigenvalue weighted by molar-refractivity contribution is 5.85. The first kappa shape index (κ1) is 16.1. The van der Waals surface area contributed by atoms with E-state index in [1.54, 1.807) is 0 Å². The standard InChI is InChI=1S/C21H29NO2/c1-2-20(15-23)10-12-22(13-11-20)19(24)18-14-21(18)9-5-7-16-6-3-4-8-17(16)21/h3-4,6,8,18,23H,2,5,7,9-15H2,1H3. The number of aryl methyl sites for hydroxylation is 1. The van der Waals surface area contributed by atoms with E-state index in [-0.39, 0.29) is 23.4 Å². The van der Waals surface area contributed by atoms with E-state index >= 15 is 0 Å². The number of piperidine rings is 1. The van der Waals surface area contributed by atoms with Crippen molar-refractivity contribution in [2.24, 2.45) is 11.3 Å². The largest absolute Gasteiger partial charge is 0.396 e. The van der Waals surface area contributed by atoms with Crippen molar-refractivity contribution in [2.45, 2.75) is 57.3 Å². The van der Waals surface area contributed by atoms with Gasteiger partial charge in [-0.25, -0.2) is 0 Å². The normalized spacial score (nSPS) is 30.9. The van der Waals surface area contributed by atoms with Gasteiger partial charge in [0.2, 0.25) is 5.91 Å². The lowest BCUT2D eigenvalue weighted by atomic mass is 9.76. The summed E-state index contributed by atoms with van der Waals surface area (Å²) < 4.78 is 0. The van der Waals surface area contributed by atoms with Gasteiger partial charge in [-0.15, -0.1) is 0 Å². The Morgan fingerprint density at radius 2 is 2.00 bits per heavy atom. The zero-order valence-corrected chi connectivity index (χ0v) is 14.8. The van der Waals surface area contributed by atoms with Crippen LogP contribution in [0.5, 0.6) is 0 Å². The third kappa shape index (κ3) is 2.40. The number of nitrogens with zero attached hydrogens (tertiary/aromatic N) is 1. The molecule has 1 saturated carbocycles. The fourth-order valence-electron chi connectivity index (χ4n) is 5.20. The summed E-state index contributed by atoms with van der Waals surface area (Å²) in [6, 6.07) is 8.75. The lowest BCUT2D eigenvalue weighted by Gasteiger charge is -2.40. The van der Waals surface area contributed by atoms with Crippen LogP contribution >= 0.6 is 0 Å². The number of hydrogen-bond donors (Lipinski definition) is 1. The Hall–Kier alpha value is -1.35. The quantitative estimate of drug-likeness (QED) is 0.925. The van der Waals surface area contributed by atoms with Crippen LogP contribution < -0.4 is 0 Å². The molecule has 0 bridgehead atoms. The monoisotopic (exact) mass is 327 g/mol. The molecular formula is C21H29NO2. The number of carbonyl (C=O) groups is 1. The molecule has 3 nitrogen and oxygen atoms in total. The zero-order chi connectivity index (χ0) is 16.8. The minimum atomic E-state index is 0.0510. The molecule has 2 atom stereocenters. The first-order chi connectivity index (χ1) is 11.6. The average Bonchev–Trinajstić information content (AvgIpc) is 3.36. The van der Waals surface area contributed by atoms with Gasteiger partial charge in [0.15, 0.2) is 0 Å². The van der Waals surface area contributed by atoms with Crippen molar-refractivity contribution in [1.29, 1.82) is 0 Å². The molecule has 0 radical (unpaired) electrons. The first-order valence-electron chi connectivity index (χ1n) is 9.62. The third-order valence-corrected chi connectivity index (χ3v) is 7.22. The number of rotatable bonds is 3. The molecule has 1 aliphatic heterocycles. The van der Waals surface area contributed by atoms with Crippen molar-refractivity contribution in [1.82, 2.24) is 4.90 Å². The van der Waals surface area contributed by atoms with Gasteiger partial charge in [-0.2, -0.15) is 0 Å².